The van der Waals surface area contributed by atoms with Crippen molar-refractivity contribution in [2.45, 2.75) is 51.7 Å². The Bertz CT molecular complexity index is 186. The van der Waals surface area contributed by atoms with E-state index in [1.807, 2.05) is 11.8 Å². The minimum Gasteiger partial charge on any atom is -0.327 e. The molecule has 0 radical (unpaired) electrons. The highest BCUT2D eigenvalue weighted by Crippen LogP contribution is 2.25. The molecule has 1 aliphatic rings. The van der Waals surface area contributed by atoms with Crippen molar-refractivity contribution < 1.29 is 0 Å². The Kier molecular flexibility index (Phi) is 5.44. The summed E-state index contributed by atoms with van der Waals surface area (Å²) in [6.07, 6.45) is 4.65. The Morgan fingerprint density at radius 2 is 2.13 bits per heavy atom. The average Bonchev–Trinajstić information content (AvgIpc) is 2.23. The molecule has 1 heterocycles. The molecule has 0 aromatic rings. The monoisotopic (exact) mass is 230 g/mol. The fraction of sp³-hybridized carbons (Fsp3) is 1.00. The highest BCUT2D eigenvalue weighted by Gasteiger charge is 2.32. The summed E-state index contributed by atoms with van der Waals surface area (Å²) in [4.78, 5) is 2.64. The first-order chi connectivity index (χ1) is 7.07. The number of likely N-dealkylation sites (tertiary alicyclic amines) is 1. The molecule has 4 atom stereocenters. The fourth-order valence-corrected chi connectivity index (χ4v) is 3.08. The lowest BCUT2D eigenvalue weighted by Gasteiger charge is -2.44. The van der Waals surface area contributed by atoms with E-state index in [4.69, 9.17) is 5.73 Å². The number of hydrogen-bond acceptors (Lipinski definition) is 3. The zero-order chi connectivity index (χ0) is 11.4. The molecule has 0 bridgehead atoms. The summed E-state index contributed by atoms with van der Waals surface area (Å²) in [6.45, 7) is 8.17. The zero-order valence-corrected chi connectivity index (χ0v) is 11.4. The van der Waals surface area contributed by atoms with Gasteiger partial charge in [-0.15, -0.1) is 0 Å². The van der Waals surface area contributed by atoms with Crippen molar-refractivity contribution in [3.63, 3.8) is 0 Å². The average molecular weight is 230 g/mol. The molecule has 90 valence electrons. The molecule has 0 aliphatic carbocycles. The molecule has 1 aliphatic heterocycles. The van der Waals surface area contributed by atoms with Crippen LogP contribution in [-0.4, -0.2) is 41.6 Å². The van der Waals surface area contributed by atoms with Crippen LogP contribution >= 0.6 is 11.8 Å². The standard InChI is InChI=1S/C12H26N2S/c1-9(6-8-15-4)14-7-5-12(13)10(2)11(14)3/h9-12H,5-8,13H2,1-4H3. The van der Waals surface area contributed by atoms with Crippen molar-refractivity contribution in [3.8, 4) is 0 Å². The van der Waals surface area contributed by atoms with E-state index >= 15 is 0 Å². The molecule has 2 nitrogen and oxygen atoms in total. The van der Waals surface area contributed by atoms with Gasteiger partial charge in [-0.1, -0.05) is 6.92 Å². The molecule has 3 heteroatoms. The second-order valence-corrected chi connectivity index (χ2v) is 5.91. The highest BCUT2D eigenvalue weighted by atomic mass is 32.2. The van der Waals surface area contributed by atoms with Gasteiger partial charge in [0.2, 0.25) is 0 Å². The Labute approximate surface area is 99.0 Å². The summed E-state index contributed by atoms with van der Waals surface area (Å²) in [6, 6.07) is 1.76. The van der Waals surface area contributed by atoms with Crippen LogP contribution in [0.5, 0.6) is 0 Å². The van der Waals surface area contributed by atoms with Crippen molar-refractivity contribution in [3.05, 3.63) is 0 Å². The lowest BCUT2D eigenvalue weighted by Crippen LogP contribution is -2.54. The normalized spacial score (nSPS) is 35.4. The van der Waals surface area contributed by atoms with Gasteiger partial charge in [-0.25, -0.2) is 0 Å². The Morgan fingerprint density at radius 3 is 2.73 bits per heavy atom. The summed E-state index contributed by atoms with van der Waals surface area (Å²) in [5.41, 5.74) is 6.10. The topological polar surface area (TPSA) is 29.3 Å². The van der Waals surface area contributed by atoms with E-state index in [1.165, 1.54) is 18.7 Å². The van der Waals surface area contributed by atoms with Gasteiger partial charge in [0, 0.05) is 24.7 Å². The third-order valence-corrected chi connectivity index (χ3v) is 4.63. The molecule has 0 aromatic carbocycles. The summed E-state index contributed by atoms with van der Waals surface area (Å²) < 4.78 is 0. The van der Waals surface area contributed by atoms with Gasteiger partial charge in [-0.05, 0) is 44.6 Å². The van der Waals surface area contributed by atoms with Crippen molar-refractivity contribution in [1.82, 2.24) is 4.90 Å². The zero-order valence-electron chi connectivity index (χ0n) is 10.6. The largest absolute Gasteiger partial charge is 0.327 e. The summed E-state index contributed by atoms with van der Waals surface area (Å²) >= 11 is 1.95. The predicted octanol–water partition coefficient (Wildman–Crippen LogP) is 2.19. The van der Waals surface area contributed by atoms with Crippen LogP contribution in [0.25, 0.3) is 0 Å². The molecule has 15 heavy (non-hydrogen) atoms. The number of nitrogens with zero attached hydrogens (tertiary/aromatic N) is 1. The summed E-state index contributed by atoms with van der Waals surface area (Å²) in [5.74, 6) is 1.90. The maximum absolute atomic E-state index is 6.10. The van der Waals surface area contributed by atoms with Gasteiger partial charge in [-0.2, -0.15) is 11.8 Å². The van der Waals surface area contributed by atoms with E-state index in [2.05, 4.69) is 31.9 Å². The smallest absolute Gasteiger partial charge is 0.0110 e. The molecule has 0 aromatic heterocycles. The molecule has 0 spiro atoms. The predicted molar refractivity (Wildman–Crippen MR) is 70.4 cm³/mol. The van der Waals surface area contributed by atoms with Crippen molar-refractivity contribution in [1.29, 1.82) is 0 Å². The third-order valence-electron chi connectivity index (χ3n) is 3.99. The molecule has 2 N–H and O–H groups in total. The van der Waals surface area contributed by atoms with Crippen LogP contribution in [0, 0.1) is 5.92 Å². The van der Waals surface area contributed by atoms with E-state index in [0.29, 0.717) is 24.0 Å². The van der Waals surface area contributed by atoms with Crippen LogP contribution in [0.15, 0.2) is 0 Å². The van der Waals surface area contributed by atoms with Crippen molar-refractivity contribution >= 4 is 11.8 Å². The van der Waals surface area contributed by atoms with E-state index in [0.717, 1.165) is 6.42 Å². The first kappa shape index (κ1) is 13.3. The van der Waals surface area contributed by atoms with Crippen LogP contribution in [0.4, 0.5) is 0 Å². The second kappa shape index (κ2) is 6.12. The SMILES string of the molecule is CSCCC(C)N1CCC(N)C(C)C1C. The molecular weight excluding hydrogens is 204 g/mol. The summed E-state index contributed by atoms with van der Waals surface area (Å²) in [7, 11) is 0. The van der Waals surface area contributed by atoms with Gasteiger partial charge >= 0.3 is 0 Å². The van der Waals surface area contributed by atoms with Crippen molar-refractivity contribution in [2.75, 3.05) is 18.6 Å². The third kappa shape index (κ3) is 3.36. The van der Waals surface area contributed by atoms with Gasteiger partial charge in [0.05, 0.1) is 0 Å². The molecule has 0 saturated carbocycles. The Hall–Kier alpha value is 0.270. The Morgan fingerprint density at radius 1 is 1.47 bits per heavy atom. The van der Waals surface area contributed by atoms with Crippen LogP contribution in [0.3, 0.4) is 0 Å². The highest BCUT2D eigenvalue weighted by molar-refractivity contribution is 7.98. The van der Waals surface area contributed by atoms with E-state index in [1.54, 1.807) is 0 Å². The molecule has 1 rings (SSSR count). The number of thioether (sulfide) groups is 1. The summed E-state index contributed by atoms with van der Waals surface area (Å²) in [5, 5.41) is 0. The molecule has 0 amide bonds. The van der Waals surface area contributed by atoms with Gasteiger partial charge < -0.3 is 5.73 Å². The minimum atomic E-state index is 0.406. The van der Waals surface area contributed by atoms with Gasteiger partial charge in [0.1, 0.15) is 0 Å². The van der Waals surface area contributed by atoms with E-state index in [-0.39, 0.29) is 0 Å². The Balaban J connectivity index is 2.47. The second-order valence-electron chi connectivity index (χ2n) is 4.92. The number of hydrogen-bond donors (Lipinski definition) is 1. The van der Waals surface area contributed by atoms with Crippen LogP contribution in [0.2, 0.25) is 0 Å². The van der Waals surface area contributed by atoms with Crippen LogP contribution < -0.4 is 5.73 Å². The van der Waals surface area contributed by atoms with Gasteiger partial charge in [0.25, 0.3) is 0 Å². The lowest BCUT2D eigenvalue weighted by atomic mass is 9.86. The van der Waals surface area contributed by atoms with Crippen LogP contribution in [0.1, 0.15) is 33.6 Å². The lowest BCUT2D eigenvalue weighted by molar-refractivity contribution is 0.0620. The fourth-order valence-electron chi connectivity index (χ4n) is 2.50. The maximum atomic E-state index is 6.10. The first-order valence-corrected chi connectivity index (χ1v) is 7.47. The number of piperidine rings is 1. The molecule has 4 unspecified atom stereocenters. The van der Waals surface area contributed by atoms with Gasteiger partial charge in [-0.3, -0.25) is 4.90 Å². The van der Waals surface area contributed by atoms with Crippen LogP contribution in [-0.2, 0) is 0 Å². The number of rotatable bonds is 4. The minimum absolute atomic E-state index is 0.406. The first-order valence-electron chi connectivity index (χ1n) is 6.08. The van der Waals surface area contributed by atoms with E-state index in [9.17, 15) is 0 Å². The number of nitrogens with two attached hydrogens (primary N) is 1. The quantitative estimate of drug-likeness (QED) is 0.803. The molecule has 1 fully saturated rings. The van der Waals surface area contributed by atoms with Crippen molar-refractivity contribution in [2.24, 2.45) is 11.7 Å². The van der Waals surface area contributed by atoms with E-state index < -0.39 is 0 Å². The molecular formula is C12H26N2S. The molecule has 1 saturated heterocycles. The van der Waals surface area contributed by atoms with Gasteiger partial charge in [0.15, 0.2) is 0 Å². The maximum Gasteiger partial charge on any atom is 0.0110 e.